The van der Waals surface area contributed by atoms with E-state index in [1.54, 1.807) is 6.20 Å². The molecule has 0 spiro atoms. The normalized spacial score (nSPS) is 13.6. The summed E-state index contributed by atoms with van der Waals surface area (Å²) in [6.45, 7) is -0.354. The lowest BCUT2D eigenvalue weighted by Crippen LogP contribution is -2.54. The third kappa shape index (κ3) is 10.6. The number of H-pyrrole nitrogens is 1. The molecule has 11 nitrogen and oxygen atoms in total. The first-order valence-corrected chi connectivity index (χ1v) is 12.4. The fourth-order valence-electron chi connectivity index (χ4n) is 2.54. The second-order valence-electron chi connectivity index (χ2n) is 6.69. The zero-order valence-corrected chi connectivity index (χ0v) is 19.2. The molecule has 0 aliphatic rings. The number of hydrogen-bond donors (Lipinski definition) is 6. The highest BCUT2D eigenvalue weighted by molar-refractivity contribution is 7.98. The minimum Gasteiger partial charge on any atom is -0.480 e. The number of aromatic amines is 1. The Hall–Kier alpha value is -2.25. The van der Waals surface area contributed by atoms with E-state index in [0.29, 0.717) is 23.6 Å². The number of amides is 3. The van der Waals surface area contributed by atoms with Crippen molar-refractivity contribution in [2.45, 2.75) is 37.4 Å². The summed E-state index contributed by atoms with van der Waals surface area (Å²) in [6.07, 6.45) is 7.56. The van der Waals surface area contributed by atoms with E-state index in [0.717, 1.165) is 0 Å². The van der Waals surface area contributed by atoms with Crippen molar-refractivity contribution in [2.24, 2.45) is 5.73 Å². The van der Waals surface area contributed by atoms with Crippen LogP contribution in [-0.4, -0.2) is 87.5 Å². The fourth-order valence-corrected chi connectivity index (χ4v) is 3.48. The molecule has 3 unspecified atom stereocenters. The van der Waals surface area contributed by atoms with Crippen molar-refractivity contribution in [1.82, 2.24) is 25.9 Å². The molecule has 0 aromatic carbocycles. The van der Waals surface area contributed by atoms with E-state index in [1.165, 1.54) is 29.9 Å². The van der Waals surface area contributed by atoms with Crippen LogP contribution < -0.4 is 21.7 Å². The number of imidazole rings is 1. The molecule has 31 heavy (non-hydrogen) atoms. The first-order chi connectivity index (χ1) is 14.8. The molecule has 1 rings (SSSR count). The number of nitrogens with two attached hydrogens (primary N) is 1. The highest BCUT2D eigenvalue weighted by Crippen LogP contribution is 2.05. The molecule has 1 aromatic rings. The largest absolute Gasteiger partial charge is 0.480 e. The number of carbonyl (C=O) groups is 4. The standard InChI is InChI=1S/C18H30N6O5S2/c1-30-5-3-13(17(27)24-14(18(28)29)4-6-31-2)23-15(25)9-21-16(26)12(19)7-11-8-20-10-22-11/h8,10,12-14H,3-7,9,19H2,1-2H3,(H,20,22)(H,21,26)(H,23,25)(H,24,27)(H,28,29). The Labute approximate surface area is 189 Å². The van der Waals surface area contributed by atoms with E-state index in [4.69, 9.17) is 5.73 Å². The maximum atomic E-state index is 12.6. The van der Waals surface area contributed by atoms with Crippen LogP contribution in [0.15, 0.2) is 12.5 Å². The summed E-state index contributed by atoms with van der Waals surface area (Å²) < 4.78 is 0. The van der Waals surface area contributed by atoms with Crippen molar-refractivity contribution in [1.29, 1.82) is 0 Å². The Balaban J connectivity index is 2.58. The molecule has 0 bridgehead atoms. The van der Waals surface area contributed by atoms with Crippen LogP contribution in [0.2, 0.25) is 0 Å². The van der Waals surface area contributed by atoms with Gasteiger partial charge in [0.1, 0.15) is 12.1 Å². The van der Waals surface area contributed by atoms with E-state index in [9.17, 15) is 24.3 Å². The van der Waals surface area contributed by atoms with Crippen LogP contribution in [0.4, 0.5) is 0 Å². The summed E-state index contributed by atoms with van der Waals surface area (Å²) in [4.78, 5) is 55.0. The summed E-state index contributed by atoms with van der Waals surface area (Å²) in [6, 6.07) is -2.81. The van der Waals surface area contributed by atoms with Crippen LogP contribution in [0.5, 0.6) is 0 Å². The van der Waals surface area contributed by atoms with Gasteiger partial charge in [0.2, 0.25) is 17.7 Å². The van der Waals surface area contributed by atoms with Crippen LogP contribution in [0.25, 0.3) is 0 Å². The molecule has 0 aliphatic heterocycles. The summed E-state index contributed by atoms with van der Waals surface area (Å²) in [5.74, 6) is -1.63. The van der Waals surface area contributed by atoms with Gasteiger partial charge in [-0.05, 0) is 36.9 Å². The van der Waals surface area contributed by atoms with E-state index in [2.05, 4.69) is 25.9 Å². The number of aliphatic carboxylic acids is 1. The first-order valence-electron chi connectivity index (χ1n) is 9.59. The molecule has 1 aromatic heterocycles. The van der Waals surface area contributed by atoms with E-state index >= 15 is 0 Å². The molecule has 0 aliphatic carbocycles. The number of nitrogens with one attached hydrogen (secondary N) is 4. The van der Waals surface area contributed by atoms with Gasteiger partial charge in [-0.3, -0.25) is 14.4 Å². The number of carboxylic acids is 1. The van der Waals surface area contributed by atoms with Crippen LogP contribution >= 0.6 is 23.5 Å². The van der Waals surface area contributed by atoms with E-state index in [-0.39, 0.29) is 19.4 Å². The Morgan fingerprint density at radius 2 is 1.74 bits per heavy atom. The van der Waals surface area contributed by atoms with Gasteiger partial charge in [0.25, 0.3) is 0 Å². The summed E-state index contributed by atoms with van der Waals surface area (Å²) in [5.41, 5.74) is 6.51. The number of carbonyl (C=O) groups excluding carboxylic acids is 3. The van der Waals surface area contributed by atoms with Crippen molar-refractivity contribution >= 4 is 47.2 Å². The van der Waals surface area contributed by atoms with E-state index in [1.807, 2.05) is 12.5 Å². The average Bonchev–Trinajstić information content (AvgIpc) is 3.24. The zero-order chi connectivity index (χ0) is 23.2. The first kappa shape index (κ1) is 26.8. The fraction of sp³-hybridized carbons (Fsp3) is 0.611. The number of rotatable bonds is 15. The molecular formula is C18H30N6O5S2. The predicted octanol–water partition coefficient (Wildman–Crippen LogP) is -1.04. The van der Waals surface area contributed by atoms with Crippen molar-refractivity contribution in [3.05, 3.63) is 18.2 Å². The maximum absolute atomic E-state index is 12.6. The van der Waals surface area contributed by atoms with Gasteiger partial charge in [-0.1, -0.05) is 0 Å². The van der Waals surface area contributed by atoms with Crippen molar-refractivity contribution in [3.63, 3.8) is 0 Å². The number of nitrogens with zero attached hydrogens (tertiary/aromatic N) is 1. The summed E-state index contributed by atoms with van der Waals surface area (Å²) in [5, 5.41) is 16.8. The van der Waals surface area contributed by atoms with Crippen molar-refractivity contribution in [2.75, 3.05) is 30.6 Å². The van der Waals surface area contributed by atoms with Gasteiger partial charge in [0.05, 0.1) is 18.9 Å². The number of carboxylic acid groups (broad SMARTS) is 1. The summed E-state index contributed by atoms with van der Waals surface area (Å²) >= 11 is 2.97. The molecule has 0 radical (unpaired) electrons. The molecular weight excluding hydrogens is 444 g/mol. The molecule has 0 saturated carbocycles. The Bertz CT molecular complexity index is 718. The molecule has 1 heterocycles. The lowest BCUT2D eigenvalue weighted by Gasteiger charge is -2.21. The minimum absolute atomic E-state index is 0.235. The molecule has 3 amide bonds. The topological polar surface area (TPSA) is 179 Å². The highest BCUT2D eigenvalue weighted by Gasteiger charge is 2.26. The Kier molecular flexibility index (Phi) is 12.7. The monoisotopic (exact) mass is 474 g/mol. The van der Waals surface area contributed by atoms with Gasteiger partial charge in [0, 0.05) is 18.3 Å². The SMILES string of the molecule is CSCCC(NC(=O)C(CCSC)NC(=O)CNC(=O)C(N)Cc1cnc[nH]1)C(=O)O. The maximum Gasteiger partial charge on any atom is 0.326 e. The van der Waals surface area contributed by atoms with Crippen LogP contribution in [0, 0.1) is 0 Å². The van der Waals surface area contributed by atoms with Gasteiger partial charge < -0.3 is 31.8 Å². The number of hydrogen-bond acceptors (Lipinski definition) is 8. The third-order valence-electron chi connectivity index (χ3n) is 4.24. The zero-order valence-electron chi connectivity index (χ0n) is 17.6. The molecule has 174 valence electrons. The molecule has 0 fully saturated rings. The second-order valence-corrected chi connectivity index (χ2v) is 8.66. The lowest BCUT2D eigenvalue weighted by molar-refractivity contribution is -0.142. The van der Waals surface area contributed by atoms with Crippen LogP contribution in [-0.2, 0) is 25.6 Å². The summed E-state index contributed by atoms with van der Waals surface area (Å²) in [7, 11) is 0. The quantitative estimate of drug-likeness (QED) is 0.185. The molecule has 0 saturated heterocycles. The second kappa shape index (κ2) is 14.7. The van der Waals surface area contributed by atoms with Crippen molar-refractivity contribution < 1.29 is 24.3 Å². The van der Waals surface area contributed by atoms with Crippen molar-refractivity contribution in [3.8, 4) is 0 Å². The van der Waals surface area contributed by atoms with Gasteiger partial charge in [0.15, 0.2) is 0 Å². The third-order valence-corrected chi connectivity index (χ3v) is 5.53. The Morgan fingerprint density at radius 3 is 2.29 bits per heavy atom. The number of aromatic nitrogens is 2. The minimum atomic E-state index is -1.13. The van der Waals surface area contributed by atoms with Gasteiger partial charge >= 0.3 is 5.97 Å². The smallest absolute Gasteiger partial charge is 0.326 e. The van der Waals surface area contributed by atoms with E-state index < -0.39 is 41.8 Å². The van der Waals surface area contributed by atoms with Gasteiger partial charge in [-0.2, -0.15) is 23.5 Å². The van der Waals surface area contributed by atoms with Gasteiger partial charge in [-0.25, -0.2) is 9.78 Å². The van der Waals surface area contributed by atoms with Crippen LogP contribution in [0.3, 0.4) is 0 Å². The molecule has 7 N–H and O–H groups in total. The Morgan fingerprint density at radius 1 is 1.10 bits per heavy atom. The van der Waals surface area contributed by atoms with Gasteiger partial charge in [-0.15, -0.1) is 0 Å². The average molecular weight is 475 g/mol. The predicted molar refractivity (Wildman–Crippen MR) is 121 cm³/mol. The van der Waals surface area contributed by atoms with Crippen LogP contribution in [0.1, 0.15) is 18.5 Å². The highest BCUT2D eigenvalue weighted by atomic mass is 32.2. The lowest BCUT2D eigenvalue weighted by atomic mass is 10.1. The molecule has 3 atom stereocenters. The number of thioether (sulfide) groups is 2. The molecule has 13 heteroatoms.